The van der Waals surface area contributed by atoms with Crippen molar-refractivity contribution in [1.82, 2.24) is 20.5 Å². The van der Waals surface area contributed by atoms with Gasteiger partial charge in [-0.3, -0.25) is 10.1 Å². The van der Waals surface area contributed by atoms with Gasteiger partial charge in [-0.15, -0.1) is 0 Å². The van der Waals surface area contributed by atoms with Crippen molar-refractivity contribution >= 4 is 12.4 Å². The molecule has 1 aliphatic heterocycles. The monoisotopic (exact) mass is 363 g/mol. The summed E-state index contributed by atoms with van der Waals surface area (Å²) in [7, 11) is 0. The lowest BCUT2D eigenvalue weighted by molar-refractivity contribution is -0.140. The summed E-state index contributed by atoms with van der Waals surface area (Å²) >= 11 is 0. The van der Waals surface area contributed by atoms with E-state index < -0.39 is 11.9 Å². The summed E-state index contributed by atoms with van der Waals surface area (Å²) in [6, 6.07) is 0. The van der Waals surface area contributed by atoms with E-state index in [-0.39, 0.29) is 5.56 Å². The Morgan fingerprint density at radius 1 is 1.27 bits per heavy atom. The van der Waals surface area contributed by atoms with Crippen molar-refractivity contribution in [3.8, 4) is 11.3 Å². The van der Waals surface area contributed by atoms with Crippen LogP contribution in [-0.2, 0) is 19.1 Å². The van der Waals surface area contributed by atoms with Crippen LogP contribution < -0.4 is 5.32 Å². The van der Waals surface area contributed by atoms with Gasteiger partial charge in [0.1, 0.15) is 5.69 Å². The fourth-order valence-electron chi connectivity index (χ4n) is 3.10. The van der Waals surface area contributed by atoms with Crippen molar-refractivity contribution < 1.29 is 13.2 Å². The highest BCUT2D eigenvalue weighted by atomic mass is 19.4. The molecule has 2 aromatic heterocycles. The van der Waals surface area contributed by atoms with E-state index in [0.717, 1.165) is 23.1 Å². The van der Waals surface area contributed by atoms with Crippen molar-refractivity contribution in [2.75, 3.05) is 6.54 Å². The van der Waals surface area contributed by atoms with Gasteiger partial charge in [0.2, 0.25) is 0 Å². The molecule has 0 bridgehead atoms. The molecular weight excluding hydrogens is 343 g/mol. The molecule has 26 heavy (non-hydrogen) atoms. The normalized spacial score (nSPS) is 14.3. The van der Waals surface area contributed by atoms with E-state index in [2.05, 4.69) is 25.5 Å². The lowest BCUT2D eigenvalue weighted by Crippen LogP contribution is -2.10. The minimum atomic E-state index is -4.52. The van der Waals surface area contributed by atoms with Crippen LogP contribution in [0.15, 0.2) is 17.3 Å². The fraction of sp³-hybridized carbons (Fsp3) is 0.389. The third kappa shape index (κ3) is 3.49. The number of hydrogen-bond donors (Lipinski definition) is 2. The molecule has 5 nitrogen and oxygen atoms in total. The molecule has 8 heteroatoms. The number of alkyl halides is 3. The second kappa shape index (κ2) is 7.31. The van der Waals surface area contributed by atoms with Gasteiger partial charge in [-0.25, -0.2) is 4.98 Å². The van der Waals surface area contributed by atoms with Crippen molar-refractivity contribution in [1.29, 1.82) is 0 Å². The van der Waals surface area contributed by atoms with Gasteiger partial charge < -0.3 is 5.32 Å². The topological polar surface area (TPSA) is 66.0 Å². The Morgan fingerprint density at radius 2 is 2.08 bits per heavy atom. The van der Waals surface area contributed by atoms with E-state index in [4.69, 9.17) is 0 Å². The zero-order valence-corrected chi connectivity index (χ0v) is 14.6. The van der Waals surface area contributed by atoms with Crippen LogP contribution in [0.25, 0.3) is 17.3 Å². The summed E-state index contributed by atoms with van der Waals surface area (Å²) in [6.45, 7) is 4.93. The van der Waals surface area contributed by atoms with E-state index in [1.807, 2.05) is 26.0 Å². The quantitative estimate of drug-likeness (QED) is 0.869. The molecular formula is C18H20F3N5. The largest absolute Gasteiger partial charge is 0.433 e. The summed E-state index contributed by atoms with van der Waals surface area (Å²) in [5, 5.41) is 8.72. The third-order valence-electron chi connectivity index (χ3n) is 4.35. The highest BCUT2D eigenvalue weighted by Crippen LogP contribution is 2.38. The van der Waals surface area contributed by atoms with Crippen LogP contribution in [0.3, 0.4) is 0 Å². The zero-order valence-electron chi connectivity index (χ0n) is 14.6. The second-order valence-electron chi connectivity index (χ2n) is 6.11. The first-order valence-corrected chi connectivity index (χ1v) is 8.45. The van der Waals surface area contributed by atoms with Gasteiger partial charge in [-0.05, 0) is 30.5 Å². The van der Waals surface area contributed by atoms with Crippen LogP contribution in [-0.4, -0.2) is 28.1 Å². The predicted octanol–water partition coefficient (Wildman–Crippen LogP) is 3.90. The lowest BCUT2D eigenvalue weighted by Gasteiger charge is -2.18. The maximum atomic E-state index is 13.4. The van der Waals surface area contributed by atoms with Crippen molar-refractivity contribution in [3.05, 3.63) is 40.4 Å². The maximum absolute atomic E-state index is 13.4. The standard InChI is InChI=1S/C18H20F3N5/c1-3-5-12-11(2)13-8-23-10-22-7-4-6-15(13)25-16(12)14-9-24-26-17(14)18(19,20)21/h4,6,9-10H,3,5,7-8H2,1-2H3,(H,22,23)(H,24,26). The summed E-state index contributed by atoms with van der Waals surface area (Å²) in [5.41, 5.74) is 2.79. The molecule has 3 rings (SSSR count). The molecule has 0 unspecified atom stereocenters. The lowest BCUT2D eigenvalue weighted by atomic mass is 9.93. The first kappa shape index (κ1) is 18.2. The minimum Gasteiger partial charge on any atom is -0.373 e. The van der Waals surface area contributed by atoms with Gasteiger partial charge >= 0.3 is 6.18 Å². The molecule has 2 N–H and O–H groups in total. The average molecular weight is 363 g/mol. The third-order valence-corrected chi connectivity index (χ3v) is 4.35. The SMILES string of the molecule is CCCc1c(-c2cn[nH]c2C(F)(F)F)nc2c(c1C)CN=CNCC=C2. The van der Waals surface area contributed by atoms with Crippen molar-refractivity contribution in [2.45, 2.75) is 39.4 Å². The number of hydrogen-bond acceptors (Lipinski definition) is 4. The van der Waals surface area contributed by atoms with E-state index in [9.17, 15) is 13.2 Å². The summed E-state index contributed by atoms with van der Waals surface area (Å²) in [4.78, 5) is 8.93. The number of fused-ring (bicyclic) bond motifs is 1. The second-order valence-corrected chi connectivity index (χ2v) is 6.11. The first-order valence-electron chi connectivity index (χ1n) is 8.45. The molecule has 0 aliphatic carbocycles. The molecule has 0 aromatic carbocycles. The number of rotatable bonds is 3. The molecule has 2 aromatic rings. The summed E-state index contributed by atoms with van der Waals surface area (Å²) in [5.74, 6) is 0. The molecule has 138 valence electrons. The number of aromatic nitrogens is 3. The fourth-order valence-corrected chi connectivity index (χ4v) is 3.10. The number of halogens is 3. The highest BCUT2D eigenvalue weighted by Gasteiger charge is 2.37. The predicted molar refractivity (Wildman–Crippen MR) is 94.8 cm³/mol. The molecule has 1 aliphatic rings. The Labute approximate surface area is 149 Å². The van der Waals surface area contributed by atoms with E-state index in [0.29, 0.717) is 30.9 Å². The van der Waals surface area contributed by atoms with E-state index >= 15 is 0 Å². The highest BCUT2D eigenvalue weighted by molar-refractivity contribution is 5.71. The van der Waals surface area contributed by atoms with Crippen LogP contribution in [0.4, 0.5) is 13.2 Å². The van der Waals surface area contributed by atoms with Crippen LogP contribution >= 0.6 is 0 Å². The molecule has 0 atom stereocenters. The number of nitrogens with zero attached hydrogens (tertiary/aromatic N) is 3. The number of aromatic amines is 1. The number of nitrogens with one attached hydrogen (secondary N) is 2. The molecule has 0 fully saturated rings. The maximum Gasteiger partial charge on any atom is 0.433 e. The van der Waals surface area contributed by atoms with Gasteiger partial charge in [-0.1, -0.05) is 19.4 Å². The Hall–Kier alpha value is -2.64. The summed E-state index contributed by atoms with van der Waals surface area (Å²) < 4.78 is 40.1. The number of pyridine rings is 1. The van der Waals surface area contributed by atoms with Gasteiger partial charge in [-0.2, -0.15) is 18.3 Å². The zero-order chi connectivity index (χ0) is 18.7. The molecule has 3 heterocycles. The Bertz CT molecular complexity index is 849. The van der Waals surface area contributed by atoms with Crippen molar-refractivity contribution in [2.24, 2.45) is 4.99 Å². The summed E-state index contributed by atoms with van der Waals surface area (Å²) in [6.07, 6.45) is 3.47. The van der Waals surface area contributed by atoms with Gasteiger partial charge in [0.15, 0.2) is 0 Å². The molecule has 0 spiro atoms. The Morgan fingerprint density at radius 3 is 2.81 bits per heavy atom. The molecule has 0 saturated heterocycles. The number of H-pyrrole nitrogens is 1. The van der Waals surface area contributed by atoms with Gasteiger partial charge in [0, 0.05) is 12.1 Å². The van der Waals surface area contributed by atoms with Gasteiger partial charge in [0.05, 0.1) is 36.0 Å². The number of aliphatic imine (C=N–C) groups is 1. The molecule has 0 amide bonds. The van der Waals surface area contributed by atoms with Crippen LogP contribution in [0, 0.1) is 6.92 Å². The van der Waals surface area contributed by atoms with Crippen LogP contribution in [0.1, 0.15) is 41.4 Å². The Balaban J connectivity index is 2.26. The van der Waals surface area contributed by atoms with Crippen LogP contribution in [0.5, 0.6) is 0 Å². The van der Waals surface area contributed by atoms with E-state index in [1.165, 1.54) is 6.20 Å². The van der Waals surface area contributed by atoms with Crippen LogP contribution in [0.2, 0.25) is 0 Å². The molecule has 0 radical (unpaired) electrons. The van der Waals surface area contributed by atoms with Gasteiger partial charge in [0.25, 0.3) is 0 Å². The van der Waals surface area contributed by atoms with Crippen molar-refractivity contribution in [3.63, 3.8) is 0 Å². The first-order chi connectivity index (χ1) is 12.4. The van der Waals surface area contributed by atoms with E-state index in [1.54, 1.807) is 6.34 Å². The Kier molecular flexibility index (Phi) is 5.11. The molecule has 0 saturated carbocycles. The smallest absolute Gasteiger partial charge is 0.373 e. The average Bonchev–Trinajstić information content (AvgIpc) is 3.10. The minimum absolute atomic E-state index is 0.0123.